The lowest BCUT2D eigenvalue weighted by Crippen LogP contribution is -2.46. The van der Waals surface area contributed by atoms with Crippen LogP contribution in [0.15, 0.2) is 24.3 Å². The van der Waals surface area contributed by atoms with Crippen LogP contribution in [0.4, 0.5) is 10.5 Å². The van der Waals surface area contributed by atoms with Crippen molar-refractivity contribution in [3.63, 3.8) is 0 Å². The van der Waals surface area contributed by atoms with Crippen molar-refractivity contribution in [3.8, 4) is 0 Å². The number of carbonyl (C=O) groups excluding carboxylic acids is 1. The van der Waals surface area contributed by atoms with E-state index in [1.54, 1.807) is 12.1 Å². The number of fused-ring (bicyclic) bond motifs is 1. The quantitative estimate of drug-likeness (QED) is 0.818. The molecule has 1 aliphatic carbocycles. The maximum atomic E-state index is 12.3. The SMILES string of the molecule is O=C(Nc1ccc(Cl)cc1)N1CC[C@@H]2CCCC[C@H]2C1. The largest absolute Gasteiger partial charge is 0.324 e. The zero-order valence-corrected chi connectivity index (χ0v) is 12.4. The second-order valence-electron chi connectivity index (χ2n) is 5.98. The Bertz CT molecular complexity index is 474. The summed E-state index contributed by atoms with van der Waals surface area (Å²) in [7, 11) is 0. The number of likely N-dealkylation sites (tertiary alicyclic amines) is 1. The van der Waals surface area contributed by atoms with E-state index >= 15 is 0 Å². The number of rotatable bonds is 1. The summed E-state index contributed by atoms with van der Waals surface area (Å²) in [6.45, 7) is 1.81. The summed E-state index contributed by atoms with van der Waals surface area (Å²) in [6.07, 6.45) is 6.51. The van der Waals surface area contributed by atoms with E-state index in [-0.39, 0.29) is 6.03 Å². The molecule has 20 heavy (non-hydrogen) atoms. The van der Waals surface area contributed by atoms with Crippen molar-refractivity contribution in [2.75, 3.05) is 18.4 Å². The molecule has 2 atom stereocenters. The van der Waals surface area contributed by atoms with Crippen LogP contribution >= 0.6 is 11.6 Å². The molecule has 1 saturated carbocycles. The molecule has 2 fully saturated rings. The molecule has 2 amide bonds. The third-order valence-corrected chi connectivity index (χ3v) is 4.93. The number of urea groups is 1. The van der Waals surface area contributed by atoms with Gasteiger partial charge in [0.2, 0.25) is 0 Å². The Morgan fingerprint density at radius 3 is 2.55 bits per heavy atom. The highest BCUT2D eigenvalue weighted by atomic mass is 35.5. The number of anilines is 1. The van der Waals surface area contributed by atoms with Crippen molar-refractivity contribution in [1.29, 1.82) is 0 Å². The maximum Gasteiger partial charge on any atom is 0.321 e. The molecule has 0 radical (unpaired) electrons. The van der Waals surface area contributed by atoms with Crippen molar-refractivity contribution in [1.82, 2.24) is 4.90 Å². The monoisotopic (exact) mass is 292 g/mol. The predicted molar refractivity (Wildman–Crippen MR) is 82.1 cm³/mol. The van der Waals surface area contributed by atoms with Crippen LogP contribution in [0.2, 0.25) is 5.02 Å². The third kappa shape index (κ3) is 3.09. The van der Waals surface area contributed by atoms with Gasteiger partial charge in [-0.2, -0.15) is 0 Å². The fourth-order valence-electron chi connectivity index (χ4n) is 3.52. The minimum absolute atomic E-state index is 0.0244. The molecule has 1 aromatic carbocycles. The van der Waals surface area contributed by atoms with E-state index in [0.717, 1.165) is 24.7 Å². The molecule has 0 unspecified atom stereocenters. The van der Waals surface area contributed by atoms with Crippen molar-refractivity contribution in [2.45, 2.75) is 32.1 Å². The van der Waals surface area contributed by atoms with Crippen LogP contribution in [0.5, 0.6) is 0 Å². The van der Waals surface area contributed by atoms with Gasteiger partial charge in [0, 0.05) is 23.8 Å². The average molecular weight is 293 g/mol. The molecule has 1 N–H and O–H groups in total. The molecule has 1 aromatic rings. The molecule has 108 valence electrons. The number of hydrogen-bond acceptors (Lipinski definition) is 1. The Morgan fingerprint density at radius 1 is 1.10 bits per heavy atom. The highest BCUT2D eigenvalue weighted by molar-refractivity contribution is 6.30. The summed E-state index contributed by atoms with van der Waals surface area (Å²) in [5.41, 5.74) is 0.810. The summed E-state index contributed by atoms with van der Waals surface area (Å²) < 4.78 is 0. The van der Waals surface area contributed by atoms with Crippen molar-refractivity contribution in [2.24, 2.45) is 11.8 Å². The molecule has 4 heteroatoms. The number of halogens is 1. The second-order valence-corrected chi connectivity index (χ2v) is 6.41. The van der Waals surface area contributed by atoms with Gasteiger partial charge in [0.05, 0.1) is 0 Å². The fraction of sp³-hybridized carbons (Fsp3) is 0.562. The van der Waals surface area contributed by atoms with E-state index in [0.29, 0.717) is 10.9 Å². The van der Waals surface area contributed by atoms with Gasteiger partial charge in [0.1, 0.15) is 0 Å². The van der Waals surface area contributed by atoms with Crippen LogP contribution in [-0.2, 0) is 0 Å². The lowest BCUT2D eigenvalue weighted by molar-refractivity contribution is 0.108. The van der Waals surface area contributed by atoms with Crippen molar-refractivity contribution in [3.05, 3.63) is 29.3 Å². The standard InChI is InChI=1S/C16H21ClN2O/c17-14-5-7-15(8-6-14)18-16(20)19-10-9-12-3-1-2-4-13(12)11-19/h5-8,12-13H,1-4,9-11H2,(H,18,20)/t12-,13-/m0/s1. The molecule has 3 nitrogen and oxygen atoms in total. The van der Waals surface area contributed by atoms with Crippen LogP contribution in [0.25, 0.3) is 0 Å². The van der Waals surface area contributed by atoms with Gasteiger partial charge < -0.3 is 10.2 Å². The maximum absolute atomic E-state index is 12.3. The third-order valence-electron chi connectivity index (χ3n) is 4.67. The first-order chi connectivity index (χ1) is 9.72. The molecule has 0 spiro atoms. The second kappa shape index (κ2) is 6.04. The van der Waals surface area contributed by atoms with Crippen molar-refractivity contribution >= 4 is 23.3 Å². The topological polar surface area (TPSA) is 32.3 Å². The summed E-state index contributed by atoms with van der Waals surface area (Å²) in [5, 5.41) is 3.65. The van der Waals surface area contributed by atoms with E-state index in [4.69, 9.17) is 11.6 Å². The zero-order valence-electron chi connectivity index (χ0n) is 11.6. The molecule has 3 rings (SSSR count). The molecule has 0 aromatic heterocycles. The summed E-state index contributed by atoms with van der Waals surface area (Å²) in [5.74, 6) is 1.57. The summed E-state index contributed by atoms with van der Waals surface area (Å²) >= 11 is 5.85. The van der Waals surface area contributed by atoms with E-state index < -0.39 is 0 Å². The lowest BCUT2D eigenvalue weighted by atomic mass is 9.75. The van der Waals surface area contributed by atoms with E-state index in [1.165, 1.54) is 32.1 Å². The predicted octanol–water partition coefficient (Wildman–Crippen LogP) is 4.38. The Kier molecular flexibility index (Phi) is 4.16. The summed E-state index contributed by atoms with van der Waals surface area (Å²) in [6, 6.07) is 7.30. The van der Waals surface area contributed by atoms with Gasteiger partial charge in [0.25, 0.3) is 0 Å². The minimum atomic E-state index is 0.0244. The normalized spacial score (nSPS) is 25.9. The van der Waals surface area contributed by atoms with E-state index in [9.17, 15) is 4.79 Å². The van der Waals surface area contributed by atoms with Crippen LogP contribution < -0.4 is 5.32 Å². The smallest absolute Gasteiger partial charge is 0.321 e. The van der Waals surface area contributed by atoms with Crippen LogP contribution in [0, 0.1) is 11.8 Å². The van der Waals surface area contributed by atoms with Gasteiger partial charge in [0.15, 0.2) is 0 Å². The van der Waals surface area contributed by atoms with Crippen molar-refractivity contribution < 1.29 is 4.79 Å². The fourth-order valence-corrected chi connectivity index (χ4v) is 3.65. The number of hydrogen-bond donors (Lipinski definition) is 1. The lowest BCUT2D eigenvalue weighted by Gasteiger charge is -2.41. The number of carbonyl (C=O) groups is 1. The highest BCUT2D eigenvalue weighted by Crippen LogP contribution is 2.36. The van der Waals surface area contributed by atoms with Gasteiger partial charge in [-0.3, -0.25) is 0 Å². The number of nitrogens with zero attached hydrogens (tertiary/aromatic N) is 1. The van der Waals surface area contributed by atoms with Gasteiger partial charge in [-0.05, 0) is 48.9 Å². The Hall–Kier alpha value is -1.22. The van der Waals surface area contributed by atoms with Gasteiger partial charge in [-0.1, -0.05) is 30.9 Å². The highest BCUT2D eigenvalue weighted by Gasteiger charge is 2.32. The number of nitrogens with one attached hydrogen (secondary N) is 1. The van der Waals surface area contributed by atoms with Crippen LogP contribution in [0.1, 0.15) is 32.1 Å². The number of benzene rings is 1. The molecule has 1 aliphatic heterocycles. The zero-order chi connectivity index (χ0) is 13.9. The van der Waals surface area contributed by atoms with Crippen LogP contribution in [0.3, 0.4) is 0 Å². The Balaban J connectivity index is 1.58. The van der Waals surface area contributed by atoms with E-state index in [1.807, 2.05) is 17.0 Å². The first-order valence-corrected chi connectivity index (χ1v) is 7.91. The molecular formula is C16H21ClN2O. The van der Waals surface area contributed by atoms with Gasteiger partial charge in [-0.25, -0.2) is 4.79 Å². The van der Waals surface area contributed by atoms with E-state index in [2.05, 4.69) is 5.32 Å². The summed E-state index contributed by atoms with van der Waals surface area (Å²) in [4.78, 5) is 14.3. The molecule has 0 bridgehead atoms. The first kappa shape index (κ1) is 13.7. The molecule has 1 heterocycles. The van der Waals surface area contributed by atoms with Crippen LogP contribution in [-0.4, -0.2) is 24.0 Å². The first-order valence-electron chi connectivity index (χ1n) is 7.54. The van der Waals surface area contributed by atoms with Gasteiger partial charge >= 0.3 is 6.03 Å². The molecular weight excluding hydrogens is 272 g/mol. The van der Waals surface area contributed by atoms with Gasteiger partial charge in [-0.15, -0.1) is 0 Å². The molecule has 1 saturated heterocycles. The number of amides is 2. The average Bonchev–Trinajstić information content (AvgIpc) is 2.49. The minimum Gasteiger partial charge on any atom is -0.324 e. The Labute approximate surface area is 125 Å². The number of piperidine rings is 1. The Morgan fingerprint density at radius 2 is 1.80 bits per heavy atom. The molecule has 2 aliphatic rings.